The molecule has 112 valence electrons. The molecule has 1 atom stereocenters. The van der Waals surface area contributed by atoms with Gasteiger partial charge in [-0.25, -0.2) is 18.2 Å². The maximum absolute atomic E-state index is 12.6. The van der Waals surface area contributed by atoms with Crippen molar-refractivity contribution in [2.75, 3.05) is 13.1 Å². The van der Waals surface area contributed by atoms with Crippen molar-refractivity contribution in [2.45, 2.75) is 36.7 Å². The largest absolute Gasteiger partial charge is 0.476 e. The monoisotopic (exact) mass is 320 g/mol. The predicted molar refractivity (Wildman–Crippen MR) is 72.5 cm³/mol. The standard InChI is InChI=1S/C11H16N2O5S2/c1-7-4-13(5-11(2,3)18-7)20(16,17)10-8(9(14)15)12-6-19-10/h6-7H,4-5H2,1-3H3,(H,14,15). The number of sulfonamides is 1. The summed E-state index contributed by atoms with van der Waals surface area (Å²) in [5.74, 6) is -1.34. The van der Waals surface area contributed by atoms with E-state index in [1.807, 2.05) is 0 Å². The van der Waals surface area contributed by atoms with Crippen LogP contribution in [0.3, 0.4) is 0 Å². The lowest BCUT2D eigenvalue weighted by molar-refractivity contribution is -0.109. The van der Waals surface area contributed by atoms with Gasteiger partial charge in [-0.05, 0) is 20.8 Å². The minimum Gasteiger partial charge on any atom is -0.476 e. The molecular formula is C11H16N2O5S2. The molecule has 1 aromatic rings. The number of ether oxygens (including phenoxy) is 1. The second-order valence-corrected chi connectivity index (χ2v) is 8.27. The molecular weight excluding hydrogens is 304 g/mol. The van der Waals surface area contributed by atoms with E-state index in [0.717, 1.165) is 11.3 Å². The van der Waals surface area contributed by atoms with E-state index in [4.69, 9.17) is 9.84 Å². The average molecular weight is 320 g/mol. The van der Waals surface area contributed by atoms with E-state index >= 15 is 0 Å². The summed E-state index contributed by atoms with van der Waals surface area (Å²) in [6.45, 7) is 5.76. The number of morpholine rings is 1. The Labute approximate surface area is 121 Å². The Hall–Kier alpha value is -1.03. The minimum atomic E-state index is -3.87. The number of carboxylic acid groups (broad SMARTS) is 1. The first-order valence-corrected chi connectivity index (χ1v) is 8.30. The van der Waals surface area contributed by atoms with Crippen LogP contribution in [-0.2, 0) is 14.8 Å². The average Bonchev–Trinajstić information content (AvgIpc) is 2.75. The van der Waals surface area contributed by atoms with Gasteiger partial charge >= 0.3 is 5.97 Å². The lowest BCUT2D eigenvalue weighted by Crippen LogP contribution is -2.53. The van der Waals surface area contributed by atoms with Crippen LogP contribution in [0, 0.1) is 0 Å². The third-order valence-corrected chi connectivity index (χ3v) is 6.01. The SMILES string of the molecule is CC1CN(S(=O)(=O)c2scnc2C(=O)O)CC(C)(C)O1. The van der Waals surface area contributed by atoms with Crippen LogP contribution in [-0.4, -0.2) is 53.6 Å². The summed E-state index contributed by atoms with van der Waals surface area (Å²) >= 11 is 0.817. The van der Waals surface area contributed by atoms with Crippen molar-refractivity contribution in [1.29, 1.82) is 0 Å². The fraction of sp³-hybridized carbons (Fsp3) is 0.636. The van der Waals surface area contributed by atoms with Crippen LogP contribution in [0.1, 0.15) is 31.3 Å². The van der Waals surface area contributed by atoms with E-state index in [0.29, 0.717) is 0 Å². The molecule has 2 rings (SSSR count). The highest BCUT2D eigenvalue weighted by Gasteiger charge is 2.40. The second-order valence-electron chi connectivity index (χ2n) is 5.28. The molecule has 20 heavy (non-hydrogen) atoms. The van der Waals surface area contributed by atoms with Gasteiger partial charge in [-0.3, -0.25) is 0 Å². The third kappa shape index (κ3) is 2.85. The maximum atomic E-state index is 12.6. The van der Waals surface area contributed by atoms with Crippen LogP contribution >= 0.6 is 11.3 Å². The Morgan fingerprint density at radius 3 is 2.80 bits per heavy atom. The molecule has 0 spiro atoms. The molecule has 0 amide bonds. The predicted octanol–water partition coefficient (Wildman–Crippen LogP) is 1.03. The smallest absolute Gasteiger partial charge is 0.356 e. The van der Waals surface area contributed by atoms with Gasteiger partial charge in [0, 0.05) is 13.1 Å². The normalized spacial score (nSPS) is 23.6. The van der Waals surface area contributed by atoms with Crippen LogP contribution in [0.25, 0.3) is 0 Å². The van der Waals surface area contributed by atoms with Gasteiger partial charge in [0.2, 0.25) is 0 Å². The number of thiazole rings is 1. The van der Waals surface area contributed by atoms with Gasteiger partial charge in [0.25, 0.3) is 10.0 Å². The fourth-order valence-corrected chi connectivity index (χ4v) is 5.20. The van der Waals surface area contributed by atoms with Crippen molar-refractivity contribution < 1.29 is 23.1 Å². The lowest BCUT2D eigenvalue weighted by Gasteiger charge is -2.40. The first-order valence-electron chi connectivity index (χ1n) is 5.98. The topological polar surface area (TPSA) is 96.8 Å². The Kier molecular flexibility index (Phi) is 3.89. The molecule has 1 fully saturated rings. The lowest BCUT2D eigenvalue weighted by atomic mass is 10.1. The number of carboxylic acids is 1. The maximum Gasteiger partial charge on any atom is 0.356 e. The molecule has 7 nitrogen and oxygen atoms in total. The van der Waals surface area contributed by atoms with Crippen molar-refractivity contribution in [2.24, 2.45) is 0 Å². The molecule has 1 aliphatic rings. The Bertz CT molecular complexity index is 623. The number of nitrogens with zero attached hydrogens (tertiary/aromatic N) is 2. The van der Waals surface area contributed by atoms with Crippen LogP contribution in [0.4, 0.5) is 0 Å². The molecule has 1 aromatic heterocycles. The Morgan fingerprint density at radius 1 is 1.60 bits per heavy atom. The molecule has 1 N–H and O–H groups in total. The summed E-state index contributed by atoms with van der Waals surface area (Å²) in [6.07, 6.45) is -0.255. The Balaban J connectivity index is 2.40. The molecule has 2 heterocycles. The summed E-state index contributed by atoms with van der Waals surface area (Å²) in [5, 5.41) is 9.01. The van der Waals surface area contributed by atoms with Gasteiger partial charge in [0.05, 0.1) is 17.2 Å². The highest BCUT2D eigenvalue weighted by atomic mass is 32.2. The van der Waals surface area contributed by atoms with E-state index in [1.54, 1.807) is 20.8 Å². The first-order chi connectivity index (χ1) is 9.13. The fourth-order valence-electron chi connectivity index (χ4n) is 2.26. The van der Waals surface area contributed by atoms with Gasteiger partial charge < -0.3 is 9.84 Å². The van der Waals surface area contributed by atoms with Crippen LogP contribution in [0.5, 0.6) is 0 Å². The first kappa shape index (κ1) is 15.4. The van der Waals surface area contributed by atoms with E-state index in [-0.39, 0.29) is 23.4 Å². The molecule has 0 radical (unpaired) electrons. The van der Waals surface area contributed by atoms with Gasteiger partial charge in [0.1, 0.15) is 0 Å². The van der Waals surface area contributed by atoms with Gasteiger partial charge in [0.15, 0.2) is 9.90 Å². The highest BCUT2D eigenvalue weighted by Crippen LogP contribution is 2.29. The summed E-state index contributed by atoms with van der Waals surface area (Å²) in [4.78, 5) is 14.7. The number of rotatable bonds is 3. The van der Waals surface area contributed by atoms with E-state index in [1.165, 1.54) is 9.82 Å². The Morgan fingerprint density at radius 2 is 2.25 bits per heavy atom. The molecule has 1 saturated heterocycles. The quantitative estimate of drug-likeness (QED) is 0.893. The number of hydrogen-bond donors (Lipinski definition) is 1. The molecule has 0 aromatic carbocycles. The van der Waals surface area contributed by atoms with E-state index in [9.17, 15) is 13.2 Å². The number of aromatic carboxylic acids is 1. The molecule has 0 bridgehead atoms. The number of hydrogen-bond acceptors (Lipinski definition) is 6. The third-order valence-electron chi connectivity index (χ3n) is 2.85. The zero-order chi connectivity index (χ0) is 15.1. The summed E-state index contributed by atoms with van der Waals surface area (Å²) in [5.41, 5.74) is 0.191. The van der Waals surface area contributed by atoms with Crippen LogP contribution < -0.4 is 0 Å². The minimum absolute atomic E-state index is 0.177. The van der Waals surface area contributed by atoms with Crippen LogP contribution in [0.2, 0.25) is 0 Å². The van der Waals surface area contributed by atoms with Crippen molar-refractivity contribution >= 4 is 27.3 Å². The van der Waals surface area contributed by atoms with E-state index in [2.05, 4.69) is 4.98 Å². The summed E-state index contributed by atoms with van der Waals surface area (Å²) in [6, 6.07) is 0. The molecule has 1 aliphatic heterocycles. The molecule has 9 heteroatoms. The number of aromatic nitrogens is 1. The zero-order valence-corrected chi connectivity index (χ0v) is 13.0. The molecule has 1 unspecified atom stereocenters. The zero-order valence-electron chi connectivity index (χ0n) is 11.4. The molecule has 0 aliphatic carbocycles. The van der Waals surface area contributed by atoms with Crippen molar-refractivity contribution in [3.63, 3.8) is 0 Å². The van der Waals surface area contributed by atoms with Gasteiger partial charge in [-0.2, -0.15) is 4.31 Å². The van der Waals surface area contributed by atoms with Crippen molar-refractivity contribution in [3.8, 4) is 0 Å². The van der Waals surface area contributed by atoms with Crippen molar-refractivity contribution in [3.05, 3.63) is 11.2 Å². The van der Waals surface area contributed by atoms with E-state index < -0.39 is 27.3 Å². The number of carbonyl (C=O) groups is 1. The van der Waals surface area contributed by atoms with Crippen molar-refractivity contribution in [1.82, 2.24) is 9.29 Å². The summed E-state index contributed by atoms with van der Waals surface area (Å²) in [7, 11) is -3.87. The molecule has 0 saturated carbocycles. The highest BCUT2D eigenvalue weighted by molar-refractivity contribution is 7.91. The van der Waals surface area contributed by atoms with Crippen LogP contribution in [0.15, 0.2) is 9.72 Å². The van der Waals surface area contributed by atoms with Gasteiger partial charge in [-0.15, -0.1) is 11.3 Å². The second kappa shape index (κ2) is 5.06. The summed E-state index contributed by atoms with van der Waals surface area (Å²) < 4.78 is 31.9. The van der Waals surface area contributed by atoms with Gasteiger partial charge in [-0.1, -0.05) is 0 Å².